The van der Waals surface area contributed by atoms with Gasteiger partial charge in [-0.25, -0.2) is 13.1 Å². The van der Waals surface area contributed by atoms with Crippen LogP contribution in [-0.2, 0) is 10.0 Å². The Balaban J connectivity index is 2.20. The van der Waals surface area contributed by atoms with Crippen molar-refractivity contribution in [3.8, 4) is 0 Å². The molecule has 19 heavy (non-hydrogen) atoms. The molecule has 2 N–H and O–H groups in total. The topological polar surface area (TPSA) is 58.2 Å². The van der Waals surface area contributed by atoms with Gasteiger partial charge in [-0.05, 0) is 36.5 Å². The fourth-order valence-electron chi connectivity index (χ4n) is 2.15. The van der Waals surface area contributed by atoms with Gasteiger partial charge in [-0.15, -0.1) is 0 Å². The van der Waals surface area contributed by atoms with Crippen LogP contribution in [0.4, 0.5) is 5.69 Å². The van der Waals surface area contributed by atoms with Gasteiger partial charge in [-0.3, -0.25) is 0 Å². The Labute approximate surface area is 119 Å². The summed E-state index contributed by atoms with van der Waals surface area (Å²) in [5, 5.41) is 3.38. The molecule has 1 fully saturated rings. The highest BCUT2D eigenvalue weighted by Crippen LogP contribution is 2.25. The molecule has 1 aliphatic heterocycles. The van der Waals surface area contributed by atoms with Gasteiger partial charge in [-0.2, -0.15) is 11.8 Å². The van der Waals surface area contributed by atoms with Gasteiger partial charge in [-0.1, -0.05) is 19.1 Å². The van der Waals surface area contributed by atoms with Crippen molar-refractivity contribution in [3.63, 3.8) is 0 Å². The Morgan fingerprint density at radius 3 is 2.63 bits per heavy atom. The molecule has 0 aliphatic carbocycles. The summed E-state index contributed by atoms with van der Waals surface area (Å²) in [6.45, 7) is 2.18. The molecule has 2 rings (SSSR count). The zero-order valence-electron chi connectivity index (χ0n) is 11.1. The van der Waals surface area contributed by atoms with Crippen LogP contribution < -0.4 is 10.0 Å². The molecule has 0 saturated carbocycles. The Morgan fingerprint density at radius 2 is 1.95 bits per heavy atom. The Hall–Kier alpha value is -0.720. The van der Waals surface area contributed by atoms with Crippen LogP contribution in [0.25, 0.3) is 0 Å². The number of rotatable bonds is 5. The normalized spacial score (nSPS) is 17.3. The van der Waals surface area contributed by atoms with Crippen molar-refractivity contribution in [3.05, 3.63) is 24.3 Å². The quantitative estimate of drug-likeness (QED) is 0.876. The molecule has 0 aromatic heterocycles. The number of nitrogens with one attached hydrogen (secondary N) is 2. The lowest BCUT2D eigenvalue weighted by molar-refractivity contribution is 0.583. The van der Waals surface area contributed by atoms with Gasteiger partial charge in [0.05, 0.1) is 5.69 Å². The van der Waals surface area contributed by atoms with Crippen LogP contribution in [0, 0.1) is 0 Å². The fourth-order valence-corrected chi connectivity index (χ4v) is 4.47. The molecule has 0 bridgehead atoms. The molecule has 0 radical (unpaired) electrons. The first-order valence-electron chi connectivity index (χ1n) is 6.56. The third kappa shape index (κ3) is 3.87. The molecule has 1 aliphatic rings. The van der Waals surface area contributed by atoms with Crippen molar-refractivity contribution in [2.24, 2.45) is 0 Å². The van der Waals surface area contributed by atoms with Crippen LogP contribution >= 0.6 is 11.8 Å². The molecule has 106 valence electrons. The SMILES string of the molecule is CCNS(=O)(=O)c1ccccc1NC1CCSCC1. The van der Waals surface area contributed by atoms with Crippen molar-refractivity contribution in [2.75, 3.05) is 23.4 Å². The molecule has 4 nitrogen and oxygen atoms in total. The summed E-state index contributed by atoms with van der Waals surface area (Å²) in [7, 11) is -3.41. The van der Waals surface area contributed by atoms with Gasteiger partial charge in [0.25, 0.3) is 0 Å². The van der Waals surface area contributed by atoms with E-state index in [1.165, 1.54) is 0 Å². The molecule has 0 spiro atoms. The summed E-state index contributed by atoms with van der Waals surface area (Å²) in [5.74, 6) is 2.28. The fraction of sp³-hybridized carbons (Fsp3) is 0.538. The monoisotopic (exact) mass is 300 g/mol. The second kappa shape index (κ2) is 6.63. The van der Waals surface area contributed by atoms with E-state index in [1.807, 2.05) is 23.9 Å². The van der Waals surface area contributed by atoms with Crippen LogP contribution in [0.3, 0.4) is 0 Å². The second-order valence-corrected chi connectivity index (χ2v) is 7.49. The van der Waals surface area contributed by atoms with Crippen LogP contribution in [0.5, 0.6) is 0 Å². The van der Waals surface area contributed by atoms with E-state index in [0.29, 0.717) is 23.2 Å². The van der Waals surface area contributed by atoms with Crippen LogP contribution in [0.15, 0.2) is 29.2 Å². The summed E-state index contributed by atoms with van der Waals surface area (Å²) >= 11 is 1.96. The van der Waals surface area contributed by atoms with Gasteiger partial charge in [0.2, 0.25) is 10.0 Å². The number of benzene rings is 1. The summed E-state index contributed by atoms with van der Waals surface area (Å²) in [4.78, 5) is 0.343. The minimum atomic E-state index is -3.41. The first-order chi connectivity index (χ1) is 9.13. The van der Waals surface area contributed by atoms with E-state index in [4.69, 9.17) is 0 Å². The maximum absolute atomic E-state index is 12.1. The number of anilines is 1. The predicted molar refractivity (Wildman–Crippen MR) is 81.3 cm³/mol. The average Bonchev–Trinajstić information content (AvgIpc) is 2.40. The Kier molecular flexibility index (Phi) is 5.13. The van der Waals surface area contributed by atoms with Crippen LogP contribution in [0.1, 0.15) is 19.8 Å². The lowest BCUT2D eigenvalue weighted by Gasteiger charge is -2.24. The van der Waals surface area contributed by atoms with Gasteiger partial charge in [0.1, 0.15) is 4.90 Å². The van der Waals surface area contributed by atoms with Gasteiger partial charge in [0, 0.05) is 12.6 Å². The Morgan fingerprint density at radius 1 is 1.26 bits per heavy atom. The third-order valence-corrected chi connectivity index (χ3v) is 5.74. The van der Waals surface area contributed by atoms with E-state index in [9.17, 15) is 8.42 Å². The highest BCUT2D eigenvalue weighted by Gasteiger charge is 2.20. The molecule has 0 unspecified atom stereocenters. The number of sulfonamides is 1. The highest BCUT2D eigenvalue weighted by molar-refractivity contribution is 7.99. The minimum Gasteiger partial charge on any atom is -0.381 e. The molecule has 1 saturated heterocycles. The molecular weight excluding hydrogens is 280 g/mol. The van der Waals surface area contributed by atoms with Gasteiger partial charge >= 0.3 is 0 Å². The average molecular weight is 300 g/mol. The number of hydrogen-bond donors (Lipinski definition) is 2. The van der Waals surface area contributed by atoms with Crippen molar-refractivity contribution < 1.29 is 8.42 Å². The van der Waals surface area contributed by atoms with E-state index < -0.39 is 10.0 Å². The van der Waals surface area contributed by atoms with Crippen molar-refractivity contribution >= 4 is 27.5 Å². The number of para-hydroxylation sites is 1. The standard InChI is InChI=1S/C13H20N2O2S2/c1-2-14-19(16,17)13-6-4-3-5-12(13)15-11-7-9-18-10-8-11/h3-6,11,14-15H,2,7-10H2,1H3. The van der Waals surface area contributed by atoms with Crippen LogP contribution in [0.2, 0.25) is 0 Å². The van der Waals surface area contributed by atoms with Gasteiger partial charge < -0.3 is 5.32 Å². The van der Waals surface area contributed by atoms with Crippen LogP contribution in [-0.4, -0.2) is 32.5 Å². The van der Waals surface area contributed by atoms with Crippen molar-refractivity contribution in [1.82, 2.24) is 4.72 Å². The van der Waals surface area contributed by atoms with Crippen molar-refractivity contribution in [1.29, 1.82) is 0 Å². The highest BCUT2D eigenvalue weighted by atomic mass is 32.2. The summed E-state index contributed by atoms with van der Waals surface area (Å²) < 4.78 is 26.8. The van der Waals surface area contributed by atoms with E-state index in [2.05, 4.69) is 10.0 Å². The second-order valence-electron chi connectivity index (χ2n) is 4.53. The van der Waals surface area contributed by atoms with E-state index in [1.54, 1.807) is 19.1 Å². The maximum atomic E-state index is 12.1. The third-order valence-electron chi connectivity index (χ3n) is 3.09. The lowest BCUT2D eigenvalue weighted by atomic mass is 10.1. The zero-order chi connectivity index (χ0) is 13.7. The molecule has 1 heterocycles. The predicted octanol–water partition coefficient (Wildman–Crippen LogP) is 2.29. The first-order valence-corrected chi connectivity index (χ1v) is 9.20. The smallest absolute Gasteiger partial charge is 0.242 e. The van der Waals surface area contributed by atoms with E-state index in [-0.39, 0.29) is 0 Å². The molecular formula is C13H20N2O2S2. The summed E-state index contributed by atoms with van der Waals surface area (Å²) in [6, 6.07) is 7.49. The van der Waals surface area contributed by atoms with E-state index in [0.717, 1.165) is 24.3 Å². The largest absolute Gasteiger partial charge is 0.381 e. The summed E-state index contributed by atoms with van der Waals surface area (Å²) in [6.07, 6.45) is 2.17. The summed E-state index contributed by atoms with van der Waals surface area (Å²) in [5.41, 5.74) is 0.709. The molecule has 0 atom stereocenters. The minimum absolute atomic E-state index is 0.343. The molecule has 1 aromatic carbocycles. The molecule has 1 aromatic rings. The Bertz CT molecular complexity index is 511. The number of hydrogen-bond acceptors (Lipinski definition) is 4. The molecule has 6 heteroatoms. The van der Waals surface area contributed by atoms with Gasteiger partial charge in [0.15, 0.2) is 0 Å². The zero-order valence-corrected chi connectivity index (χ0v) is 12.7. The number of thioether (sulfide) groups is 1. The van der Waals surface area contributed by atoms with Crippen molar-refractivity contribution in [2.45, 2.75) is 30.7 Å². The lowest BCUT2D eigenvalue weighted by Crippen LogP contribution is -2.28. The maximum Gasteiger partial charge on any atom is 0.242 e. The van der Waals surface area contributed by atoms with E-state index >= 15 is 0 Å². The molecule has 0 amide bonds. The first kappa shape index (κ1) is 14.7.